The number of methoxy groups -OCH3 is 1. The highest BCUT2D eigenvalue weighted by atomic mass is 32.1. The molecule has 0 aliphatic heterocycles. The van der Waals surface area contributed by atoms with E-state index in [2.05, 4.69) is 36.3 Å². The molecule has 0 bridgehead atoms. The average Bonchev–Trinajstić information content (AvgIpc) is 3.39. The minimum Gasteiger partial charge on any atom is -0.453 e. The van der Waals surface area contributed by atoms with Crippen molar-refractivity contribution >= 4 is 41.1 Å². The van der Waals surface area contributed by atoms with Gasteiger partial charge in [0.2, 0.25) is 23.6 Å². The average molecular weight is 669 g/mol. The predicted octanol–water partition coefficient (Wildman–Crippen LogP) is 2.30. The molecular weight excluding hydrogens is 612 g/mol. The lowest BCUT2D eigenvalue weighted by molar-refractivity contribution is -0.133. The summed E-state index contributed by atoms with van der Waals surface area (Å²) in [7, 11) is 1.19. The quantitative estimate of drug-likeness (QED) is 0.130. The summed E-state index contributed by atoms with van der Waals surface area (Å²) in [6.07, 6.45) is -1.09. The highest BCUT2D eigenvalue weighted by Crippen LogP contribution is 2.17. The molecule has 5 amide bonds. The second kappa shape index (κ2) is 20.1. The Hall–Kier alpha value is -3.26. The van der Waals surface area contributed by atoms with Crippen LogP contribution >= 0.6 is 11.3 Å². The van der Waals surface area contributed by atoms with E-state index in [0.717, 1.165) is 10.7 Å². The van der Waals surface area contributed by atoms with Gasteiger partial charge in [0, 0.05) is 35.9 Å². The molecule has 0 aliphatic rings. The highest BCUT2D eigenvalue weighted by molar-refractivity contribution is 7.09. The van der Waals surface area contributed by atoms with E-state index in [1.165, 1.54) is 18.4 Å². The Morgan fingerprint density at radius 1 is 0.804 bits per heavy atom. The Labute approximate surface area is 277 Å². The molecule has 6 atom stereocenters. The third-order valence-electron chi connectivity index (χ3n) is 7.36. The van der Waals surface area contributed by atoms with Crippen LogP contribution in [0.4, 0.5) is 4.79 Å². The molecule has 0 saturated heterocycles. The summed E-state index contributed by atoms with van der Waals surface area (Å²) >= 11 is 1.45. The first-order valence-electron chi connectivity index (χ1n) is 16.0. The topological polar surface area (TPSA) is 188 Å². The van der Waals surface area contributed by atoms with Gasteiger partial charge < -0.3 is 36.4 Å². The third kappa shape index (κ3) is 14.9. The number of aliphatic hydroxyl groups is 1. The second-order valence-corrected chi connectivity index (χ2v) is 14.2. The molecule has 0 fully saturated rings. The molecule has 1 aromatic heterocycles. The first-order valence-corrected chi connectivity index (χ1v) is 16.9. The number of carbonyl (C=O) groups is 5. The SMILES string of the molecule is COC(=O)NC[C@H](NC(=O)[C@@H](C)Cc1nc(C)cs1)C(=O)N[C@@H](CC(C)C)[C@@H](O)C[C@@H](C)C(=O)N[C@H](C(=O)NCC(C)C)C(C)C. The Morgan fingerprint density at radius 3 is 1.96 bits per heavy atom. The van der Waals surface area contributed by atoms with Crippen LogP contribution in [0.5, 0.6) is 0 Å². The molecular formula is C32H56N6O7S. The molecule has 14 heteroatoms. The van der Waals surface area contributed by atoms with E-state index in [1.54, 1.807) is 13.8 Å². The molecule has 0 saturated carbocycles. The van der Waals surface area contributed by atoms with Gasteiger partial charge in [-0.25, -0.2) is 9.78 Å². The molecule has 13 nitrogen and oxygen atoms in total. The van der Waals surface area contributed by atoms with Crippen LogP contribution in [0.2, 0.25) is 0 Å². The van der Waals surface area contributed by atoms with Crippen LogP contribution in [-0.4, -0.2) is 84.2 Å². The van der Waals surface area contributed by atoms with Crippen molar-refractivity contribution in [3.8, 4) is 0 Å². The summed E-state index contributed by atoms with van der Waals surface area (Å²) in [6.45, 7) is 17.0. The molecule has 0 aliphatic carbocycles. The number of hydrogen-bond acceptors (Lipinski definition) is 9. The minimum absolute atomic E-state index is 0.0175. The van der Waals surface area contributed by atoms with Crippen molar-refractivity contribution in [2.75, 3.05) is 20.2 Å². The summed E-state index contributed by atoms with van der Waals surface area (Å²) in [6, 6.07) is -2.65. The summed E-state index contributed by atoms with van der Waals surface area (Å²) in [4.78, 5) is 68.6. The van der Waals surface area contributed by atoms with Crippen LogP contribution in [0.1, 0.15) is 78.9 Å². The molecule has 0 spiro atoms. The summed E-state index contributed by atoms with van der Waals surface area (Å²) < 4.78 is 4.63. The maximum absolute atomic E-state index is 13.5. The normalized spacial score (nSPS) is 15.3. The molecule has 0 unspecified atom stereocenters. The number of nitrogens with zero attached hydrogens (tertiary/aromatic N) is 1. The van der Waals surface area contributed by atoms with Gasteiger partial charge in [-0.2, -0.15) is 0 Å². The Morgan fingerprint density at radius 2 is 1.43 bits per heavy atom. The van der Waals surface area contributed by atoms with Gasteiger partial charge in [0.15, 0.2) is 0 Å². The smallest absolute Gasteiger partial charge is 0.406 e. The Balaban J connectivity index is 3.00. The monoisotopic (exact) mass is 668 g/mol. The van der Waals surface area contributed by atoms with Crippen LogP contribution < -0.4 is 26.6 Å². The first-order chi connectivity index (χ1) is 21.4. The van der Waals surface area contributed by atoms with Crippen molar-refractivity contribution < 1.29 is 33.8 Å². The molecule has 0 radical (unpaired) electrons. The number of thiazole rings is 1. The zero-order chi connectivity index (χ0) is 35.1. The number of aliphatic hydroxyl groups excluding tert-OH is 1. The van der Waals surface area contributed by atoms with Crippen LogP contribution in [-0.2, 0) is 30.3 Å². The van der Waals surface area contributed by atoms with Gasteiger partial charge in [-0.3, -0.25) is 19.2 Å². The summed E-state index contributed by atoms with van der Waals surface area (Å²) in [5.74, 6) is -2.65. The van der Waals surface area contributed by atoms with Crippen molar-refractivity contribution in [3.63, 3.8) is 0 Å². The first kappa shape index (κ1) is 40.8. The Kier molecular flexibility index (Phi) is 17.8. The largest absolute Gasteiger partial charge is 0.453 e. The van der Waals surface area contributed by atoms with Gasteiger partial charge in [0.1, 0.15) is 12.1 Å². The minimum atomic E-state index is -1.16. The molecule has 0 aromatic carbocycles. The van der Waals surface area contributed by atoms with E-state index in [-0.39, 0.29) is 42.5 Å². The molecule has 1 heterocycles. The van der Waals surface area contributed by atoms with E-state index in [1.807, 2.05) is 53.8 Å². The van der Waals surface area contributed by atoms with Crippen LogP contribution in [0, 0.1) is 36.5 Å². The molecule has 6 N–H and O–H groups in total. The van der Waals surface area contributed by atoms with E-state index >= 15 is 0 Å². The predicted molar refractivity (Wildman–Crippen MR) is 178 cm³/mol. The van der Waals surface area contributed by atoms with Gasteiger partial charge in [0.25, 0.3) is 0 Å². The molecule has 1 aromatic rings. The number of aryl methyl sites for hydroxylation is 1. The van der Waals surface area contributed by atoms with Gasteiger partial charge in [-0.05, 0) is 37.5 Å². The lowest BCUT2D eigenvalue weighted by atomic mass is 9.91. The van der Waals surface area contributed by atoms with Crippen molar-refractivity contribution in [2.24, 2.45) is 29.6 Å². The number of ether oxygens (including phenoxy) is 1. The maximum atomic E-state index is 13.5. The standard InChI is InChI=1S/C32H56N6O7S/c1-17(2)11-23(25(39)12-20(7)29(41)38-27(19(5)6)31(43)33-14-18(3)4)36-30(42)24(15-34-32(44)45-10)37-28(40)21(8)13-26-35-22(9)16-46-26/h16-21,23-25,27,39H,11-15H2,1-10H3,(H,33,43)(H,34,44)(H,36,42)(H,37,40)(H,38,41)/t20-,21+,23+,24+,25+,27+/m1/s1. The maximum Gasteiger partial charge on any atom is 0.406 e. The van der Waals surface area contributed by atoms with E-state index < -0.39 is 54.0 Å². The number of hydrogen-bond donors (Lipinski definition) is 6. The van der Waals surface area contributed by atoms with Gasteiger partial charge in [-0.1, -0.05) is 55.4 Å². The van der Waals surface area contributed by atoms with Crippen LogP contribution in [0.15, 0.2) is 5.38 Å². The fourth-order valence-electron chi connectivity index (χ4n) is 4.61. The van der Waals surface area contributed by atoms with E-state index in [4.69, 9.17) is 0 Å². The fraction of sp³-hybridized carbons (Fsp3) is 0.750. The molecule has 262 valence electrons. The fourth-order valence-corrected chi connectivity index (χ4v) is 5.52. The van der Waals surface area contributed by atoms with Gasteiger partial charge >= 0.3 is 6.09 Å². The number of carbonyl (C=O) groups excluding carboxylic acids is 5. The van der Waals surface area contributed by atoms with E-state index in [0.29, 0.717) is 19.4 Å². The molecule has 46 heavy (non-hydrogen) atoms. The number of amides is 5. The van der Waals surface area contributed by atoms with Gasteiger partial charge in [0.05, 0.1) is 30.8 Å². The van der Waals surface area contributed by atoms with Crippen LogP contribution in [0.3, 0.4) is 0 Å². The lowest BCUT2D eigenvalue weighted by Gasteiger charge is -2.30. The number of rotatable bonds is 19. The lowest BCUT2D eigenvalue weighted by Crippen LogP contribution is -2.57. The van der Waals surface area contributed by atoms with Crippen molar-refractivity contribution in [1.82, 2.24) is 31.6 Å². The summed E-state index contributed by atoms with van der Waals surface area (Å²) in [5.41, 5.74) is 0.862. The van der Waals surface area contributed by atoms with Crippen molar-refractivity contribution in [1.29, 1.82) is 0 Å². The number of nitrogens with one attached hydrogen (secondary N) is 5. The van der Waals surface area contributed by atoms with Crippen molar-refractivity contribution in [3.05, 3.63) is 16.1 Å². The second-order valence-electron chi connectivity index (χ2n) is 13.2. The third-order valence-corrected chi connectivity index (χ3v) is 8.34. The zero-order valence-electron chi connectivity index (χ0n) is 29.1. The van der Waals surface area contributed by atoms with Crippen LogP contribution in [0.25, 0.3) is 0 Å². The Bertz CT molecular complexity index is 1140. The van der Waals surface area contributed by atoms with Gasteiger partial charge in [-0.15, -0.1) is 11.3 Å². The zero-order valence-corrected chi connectivity index (χ0v) is 29.9. The number of aromatic nitrogens is 1. The highest BCUT2D eigenvalue weighted by Gasteiger charge is 2.32. The molecule has 1 rings (SSSR count). The number of alkyl carbamates (subject to hydrolysis) is 1. The summed E-state index contributed by atoms with van der Waals surface area (Å²) in [5, 5.41) is 27.6. The van der Waals surface area contributed by atoms with Crippen molar-refractivity contribution in [2.45, 2.75) is 106 Å². The van der Waals surface area contributed by atoms with E-state index in [9.17, 15) is 29.1 Å².